The zero-order valence-electron chi connectivity index (χ0n) is 7.38. The smallest absolute Gasteiger partial charge is 0.233 e. The highest BCUT2D eigenvalue weighted by atomic mass is 16.5. The number of hydrogen-bond acceptors (Lipinski definition) is 3. The maximum Gasteiger partial charge on any atom is 0.233 e. The number of ether oxygens (including phenoxy) is 1. The first-order valence-corrected chi connectivity index (χ1v) is 4.37. The lowest BCUT2D eigenvalue weighted by molar-refractivity contribution is -0.122. The summed E-state index contributed by atoms with van der Waals surface area (Å²) >= 11 is 0. The molecule has 1 amide bonds. The average molecular weight is 172 g/mol. The van der Waals surface area contributed by atoms with Crippen LogP contribution < -0.4 is 11.1 Å². The summed E-state index contributed by atoms with van der Waals surface area (Å²) in [5.74, 6) is -0.0741. The Kier molecular flexibility index (Phi) is 3.49. The fourth-order valence-corrected chi connectivity index (χ4v) is 1.34. The van der Waals surface area contributed by atoms with Crippen LogP contribution in [-0.4, -0.2) is 31.2 Å². The van der Waals surface area contributed by atoms with Gasteiger partial charge in [0, 0.05) is 12.6 Å². The Morgan fingerprint density at radius 2 is 2.33 bits per heavy atom. The zero-order chi connectivity index (χ0) is 8.97. The number of nitrogens with two attached hydrogens (primary N) is 1. The minimum absolute atomic E-state index is 0.0741. The number of carbonyl (C=O) groups excluding carboxylic acids is 1. The minimum atomic E-state index is -0.0741. The van der Waals surface area contributed by atoms with Crippen LogP contribution in [-0.2, 0) is 9.53 Å². The van der Waals surface area contributed by atoms with E-state index >= 15 is 0 Å². The molecule has 1 rings (SSSR count). The normalized spacial score (nSPS) is 27.8. The van der Waals surface area contributed by atoms with Crippen molar-refractivity contribution in [3.05, 3.63) is 0 Å². The standard InChI is InChI=1S/C8H16N2O2/c1-2-12-7-3-6(4-7)10-8(11)5-9/h6-7H,2-5,9H2,1H3,(H,10,11). The first kappa shape index (κ1) is 9.48. The van der Waals surface area contributed by atoms with Crippen molar-refractivity contribution in [3.63, 3.8) is 0 Å². The maximum absolute atomic E-state index is 10.8. The molecule has 0 spiro atoms. The number of nitrogens with one attached hydrogen (secondary N) is 1. The van der Waals surface area contributed by atoms with Crippen LogP contribution in [0.15, 0.2) is 0 Å². The van der Waals surface area contributed by atoms with Gasteiger partial charge in [-0.3, -0.25) is 4.79 Å². The van der Waals surface area contributed by atoms with Gasteiger partial charge in [-0.05, 0) is 19.8 Å². The summed E-state index contributed by atoms with van der Waals surface area (Å²) in [4.78, 5) is 10.8. The molecular formula is C8H16N2O2. The van der Waals surface area contributed by atoms with E-state index < -0.39 is 0 Å². The van der Waals surface area contributed by atoms with Gasteiger partial charge in [-0.2, -0.15) is 0 Å². The lowest BCUT2D eigenvalue weighted by Crippen LogP contribution is -2.49. The molecule has 0 heterocycles. The maximum atomic E-state index is 10.8. The molecule has 1 fully saturated rings. The van der Waals surface area contributed by atoms with Gasteiger partial charge >= 0.3 is 0 Å². The van der Waals surface area contributed by atoms with Crippen LogP contribution in [0.25, 0.3) is 0 Å². The molecule has 0 aromatic heterocycles. The summed E-state index contributed by atoms with van der Waals surface area (Å²) < 4.78 is 5.34. The molecule has 4 nitrogen and oxygen atoms in total. The second-order valence-electron chi connectivity index (χ2n) is 3.02. The van der Waals surface area contributed by atoms with E-state index in [0.29, 0.717) is 6.10 Å². The van der Waals surface area contributed by atoms with Gasteiger partial charge in [-0.15, -0.1) is 0 Å². The molecular weight excluding hydrogens is 156 g/mol. The Bertz CT molecular complexity index is 155. The van der Waals surface area contributed by atoms with Gasteiger partial charge in [0.15, 0.2) is 0 Å². The Labute approximate surface area is 72.5 Å². The molecule has 0 radical (unpaired) electrons. The summed E-state index contributed by atoms with van der Waals surface area (Å²) in [6.45, 7) is 2.81. The first-order valence-electron chi connectivity index (χ1n) is 4.37. The highest BCUT2D eigenvalue weighted by Gasteiger charge is 2.30. The zero-order valence-corrected chi connectivity index (χ0v) is 7.38. The van der Waals surface area contributed by atoms with E-state index in [1.807, 2.05) is 6.92 Å². The number of carbonyl (C=O) groups is 1. The molecule has 0 aliphatic heterocycles. The van der Waals surface area contributed by atoms with Crippen molar-refractivity contribution >= 4 is 5.91 Å². The number of rotatable bonds is 4. The van der Waals surface area contributed by atoms with E-state index in [4.69, 9.17) is 10.5 Å². The third kappa shape index (κ3) is 2.46. The highest BCUT2D eigenvalue weighted by Crippen LogP contribution is 2.22. The largest absolute Gasteiger partial charge is 0.378 e. The van der Waals surface area contributed by atoms with Gasteiger partial charge in [0.1, 0.15) is 0 Å². The third-order valence-electron chi connectivity index (χ3n) is 2.05. The van der Waals surface area contributed by atoms with E-state index in [0.717, 1.165) is 19.4 Å². The van der Waals surface area contributed by atoms with Gasteiger partial charge in [-0.1, -0.05) is 0 Å². The molecule has 70 valence electrons. The van der Waals surface area contributed by atoms with E-state index in [9.17, 15) is 4.79 Å². The number of hydrogen-bond donors (Lipinski definition) is 2. The first-order chi connectivity index (χ1) is 5.76. The van der Waals surface area contributed by atoms with Gasteiger partial charge in [-0.25, -0.2) is 0 Å². The summed E-state index contributed by atoms with van der Waals surface area (Å²) in [6, 6.07) is 0.289. The molecule has 0 saturated heterocycles. The van der Waals surface area contributed by atoms with Crippen LogP contribution in [0, 0.1) is 0 Å². The van der Waals surface area contributed by atoms with Crippen LogP contribution in [0.1, 0.15) is 19.8 Å². The molecule has 1 aliphatic rings. The van der Waals surface area contributed by atoms with Crippen molar-refractivity contribution < 1.29 is 9.53 Å². The fourth-order valence-electron chi connectivity index (χ4n) is 1.34. The molecule has 0 atom stereocenters. The molecule has 0 aromatic rings. The van der Waals surface area contributed by atoms with Crippen LogP contribution in [0.3, 0.4) is 0 Å². The highest BCUT2D eigenvalue weighted by molar-refractivity contribution is 5.78. The average Bonchev–Trinajstić information content (AvgIpc) is 2.00. The van der Waals surface area contributed by atoms with Crippen molar-refractivity contribution in [1.82, 2.24) is 5.32 Å². The second-order valence-corrected chi connectivity index (χ2v) is 3.02. The Hall–Kier alpha value is -0.610. The van der Waals surface area contributed by atoms with E-state index in [1.54, 1.807) is 0 Å². The molecule has 0 unspecified atom stereocenters. The van der Waals surface area contributed by atoms with Crippen molar-refractivity contribution in [2.24, 2.45) is 5.73 Å². The Morgan fingerprint density at radius 3 is 2.83 bits per heavy atom. The summed E-state index contributed by atoms with van der Waals surface area (Å²) in [7, 11) is 0. The quantitative estimate of drug-likeness (QED) is 0.608. The van der Waals surface area contributed by atoms with Crippen LogP contribution in [0.4, 0.5) is 0 Å². The number of amides is 1. The molecule has 4 heteroatoms. The van der Waals surface area contributed by atoms with Crippen LogP contribution in [0.5, 0.6) is 0 Å². The fraction of sp³-hybridized carbons (Fsp3) is 0.875. The lowest BCUT2D eigenvalue weighted by atomic mass is 9.89. The van der Waals surface area contributed by atoms with Gasteiger partial charge < -0.3 is 15.8 Å². The Balaban J connectivity index is 2.05. The van der Waals surface area contributed by atoms with E-state index in [1.165, 1.54) is 0 Å². The van der Waals surface area contributed by atoms with Gasteiger partial charge in [0.05, 0.1) is 12.6 Å². The lowest BCUT2D eigenvalue weighted by Gasteiger charge is -2.35. The monoisotopic (exact) mass is 172 g/mol. The second kappa shape index (κ2) is 4.42. The van der Waals surface area contributed by atoms with Gasteiger partial charge in [0.25, 0.3) is 0 Å². The van der Waals surface area contributed by atoms with Crippen molar-refractivity contribution in [1.29, 1.82) is 0 Å². The van der Waals surface area contributed by atoms with Crippen LogP contribution in [0.2, 0.25) is 0 Å². The molecule has 12 heavy (non-hydrogen) atoms. The topological polar surface area (TPSA) is 64.3 Å². The molecule has 0 aromatic carbocycles. The predicted molar refractivity (Wildman–Crippen MR) is 45.6 cm³/mol. The SMILES string of the molecule is CCOC1CC(NC(=O)CN)C1. The van der Waals surface area contributed by atoms with E-state index in [2.05, 4.69) is 5.32 Å². The van der Waals surface area contributed by atoms with E-state index in [-0.39, 0.29) is 18.5 Å². The van der Waals surface area contributed by atoms with Crippen molar-refractivity contribution in [2.45, 2.75) is 31.9 Å². The van der Waals surface area contributed by atoms with Crippen LogP contribution >= 0.6 is 0 Å². The molecule has 1 saturated carbocycles. The summed E-state index contributed by atoms with van der Waals surface area (Å²) in [6.07, 6.45) is 2.21. The van der Waals surface area contributed by atoms with Crippen molar-refractivity contribution in [2.75, 3.05) is 13.2 Å². The Morgan fingerprint density at radius 1 is 1.67 bits per heavy atom. The summed E-state index contributed by atoms with van der Waals surface area (Å²) in [5.41, 5.74) is 5.15. The third-order valence-corrected chi connectivity index (χ3v) is 2.05. The summed E-state index contributed by atoms with van der Waals surface area (Å²) in [5, 5.41) is 2.81. The molecule has 3 N–H and O–H groups in total. The molecule has 0 bridgehead atoms. The predicted octanol–water partition coefficient (Wildman–Crippen LogP) is -0.371. The van der Waals surface area contributed by atoms with Gasteiger partial charge in [0.2, 0.25) is 5.91 Å². The minimum Gasteiger partial charge on any atom is -0.378 e. The van der Waals surface area contributed by atoms with Crippen molar-refractivity contribution in [3.8, 4) is 0 Å². The molecule has 1 aliphatic carbocycles.